The second kappa shape index (κ2) is 6.63. The van der Waals surface area contributed by atoms with Crippen LogP contribution in [0.15, 0.2) is 28.9 Å². The molecule has 1 N–H and O–H groups in total. The summed E-state index contributed by atoms with van der Waals surface area (Å²) in [5, 5.41) is 14.0. The highest BCUT2D eigenvalue weighted by Gasteiger charge is 2.15. The smallest absolute Gasteiger partial charge is 0.312 e. The molecule has 1 aliphatic rings. The predicted octanol–water partition coefficient (Wildman–Crippen LogP) is 2.43. The molecule has 0 spiro atoms. The minimum absolute atomic E-state index is 0.00656. The molecule has 0 radical (unpaired) electrons. The lowest BCUT2D eigenvalue weighted by Gasteiger charge is -2.22. The molecule has 0 saturated heterocycles. The van der Waals surface area contributed by atoms with E-state index in [0.29, 0.717) is 16.8 Å². The molecular formula is C12H15BrN4O2. The molecule has 1 aromatic heterocycles. The Morgan fingerprint density at radius 1 is 1.53 bits per heavy atom. The number of hydrogen-bond acceptors (Lipinski definition) is 5. The van der Waals surface area contributed by atoms with E-state index in [-0.39, 0.29) is 5.69 Å². The number of rotatable bonds is 5. The Kier molecular flexibility index (Phi) is 4.86. The van der Waals surface area contributed by atoms with Crippen LogP contribution in [0.3, 0.4) is 0 Å². The van der Waals surface area contributed by atoms with Gasteiger partial charge in [-0.2, -0.15) is 0 Å². The van der Waals surface area contributed by atoms with Crippen molar-refractivity contribution in [2.45, 2.75) is 6.42 Å². The van der Waals surface area contributed by atoms with Crippen LogP contribution in [0.2, 0.25) is 0 Å². The number of nitrogens with one attached hydrogen (secondary N) is 1. The third-order valence-corrected chi connectivity index (χ3v) is 3.33. The maximum absolute atomic E-state index is 10.9. The van der Waals surface area contributed by atoms with Crippen LogP contribution in [0.1, 0.15) is 6.42 Å². The van der Waals surface area contributed by atoms with Crippen molar-refractivity contribution in [3.63, 3.8) is 0 Å². The van der Waals surface area contributed by atoms with Gasteiger partial charge >= 0.3 is 5.69 Å². The van der Waals surface area contributed by atoms with Crippen molar-refractivity contribution in [2.24, 2.45) is 0 Å². The Balaban J connectivity index is 1.92. The number of hydrogen-bond donors (Lipinski definition) is 1. The van der Waals surface area contributed by atoms with Crippen LogP contribution in [-0.4, -0.2) is 41.0 Å². The topological polar surface area (TPSA) is 71.3 Å². The molecule has 0 saturated carbocycles. The molecule has 1 aliphatic heterocycles. The van der Waals surface area contributed by atoms with Crippen LogP contribution < -0.4 is 5.32 Å². The standard InChI is InChI=1S/C12H15BrN4O2/c13-10-8-11(17(18)19)12(15-9-10)14-4-7-16-5-2-1-3-6-16/h1-2,8-9H,3-7H2,(H,14,15). The maximum Gasteiger partial charge on any atom is 0.312 e. The summed E-state index contributed by atoms with van der Waals surface area (Å²) >= 11 is 3.18. The molecule has 6 nitrogen and oxygen atoms in total. The Morgan fingerprint density at radius 2 is 2.37 bits per heavy atom. The molecule has 0 bridgehead atoms. The van der Waals surface area contributed by atoms with Gasteiger partial charge < -0.3 is 5.32 Å². The number of pyridine rings is 1. The number of nitrogens with zero attached hydrogens (tertiary/aromatic N) is 3. The van der Waals surface area contributed by atoms with Crippen LogP contribution in [0, 0.1) is 10.1 Å². The van der Waals surface area contributed by atoms with E-state index in [0.717, 1.165) is 26.1 Å². The van der Waals surface area contributed by atoms with Crippen LogP contribution in [0.25, 0.3) is 0 Å². The van der Waals surface area contributed by atoms with Crippen molar-refractivity contribution in [3.05, 3.63) is 39.0 Å². The summed E-state index contributed by atoms with van der Waals surface area (Å²) < 4.78 is 0.603. The van der Waals surface area contributed by atoms with E-state index >= 15 is 0 Å². The molecule has 2 rings (SSSR count). The van der Waals surface area contributed by atoms with Gasteiger partial charge in [-0.1, -0.05) is 12.2 Å². The highest BCUT2D eigenvalue weighted by molar-refractivity contribution is 9.10. The number of aromatic nitrogens is 1. The molecule has 102 valence electrons. The molecule has 0 fully saturated rings. The lowest BCUT2D eigenvalue weighted by Crippen LogP contribution is -2.32. The Hall–Kier alpha value is -1.47. The van der Waals surface area contributed by atoms with E-state index in [9.17, 15) is 10.1 Å². The lowest BCUT2D eigenvalue weighted by molar-refractivity contribution is -0.384. The van der Waals surface area contributed by atoms with Crippen molar-refractivity contribution in [1.82, 2.24) is 9.88 Å². The fourth-order valence-corrected chi connectivity index (χ4v) is 2.25. The summed E-state index contributed by atoms with van der Waals surface area (Å²) in [5.41, 5.74) is -0.00656. The largest absolute Gasteiger partial charge is 0.363 e. The molecule has 19 heavy (non-hydrogen) atoms. The van der Waals surface area contributed by atoms with E-state index in [1.165, 1.54) is 6.07 Å². The molecule has 0 atom stereocenters. The molecular weight excluding hydrogens is 312 g/mol. The Bertz CT molecular complexity index is 493. The SMILES string of the molecule is O=[N+]([O-])c1cc(Br)cnc1NCCN1CC=CCC1. The minimum atomic E-state index is -0.427. The van der Waals surface area contributed by atoms with E-state index < -0.39 is 4.92 Å². The predicted molar refractivity (Wildman–Crippen MR) is 77.3 cm³/mol. The second-order valence-corrected chi connectivity index (χ2v) is 5.18. The van der Waals surface area contributed by atoms with Gasteiger partial charge in [-0.05, 0) is 22.4 Å². The zero-order chi connectivity index (χ0) is 13.7. The van der Waals surface area contributed by atoms with E-state index in [1.807, 2.05) is 0 Å². The van der Waals surface area contributed by atoms with Crippen LogP contribution >= 0.6 is 15.9 Å². The fourth-order valence-electron chi connectivity index (χ4n) is 1.93. The van der Waals surface area contributed by atoms with Crippen molar-refractivity contribution in [1.29, 1.82) is 0 Å². The second-order valence-electron chi connectivity index (χ2n) is 4.27. The summed E-state index contributed by atoms with van der Waals surface area (Å²) in [4.78, 5) is 16.8. The number of halogens is 1. The Morgan fingerprint density at radius 3 is 3.05 bits per heavy atom. The third-order valence-electron chi connectivity index (χ3n) is 2.89. The van der Waals surface area contributed by atoms with Crippen molar-refractivity contribution >= 4 is 27.4 Å². The van der Waals surface area contributed by atoms with Gasteiger partial charge in [-0.15, -0.1) is 0 Å². The van der Waals surface area contributed by atoms with Gasteiger partial charge in [0.25, 0.3) is 0 Å². The quantitative estimate of drug-likeness (QED) is 0.511. The highest BCUT2D eigenvalue weighted by Crippen LogP contribution is 2.24. The average Bonchev–Trinajstić information content (AvgIpc) is 2.41. The highest BCUT2D eigenvalue weighted by atomic mass is 79.9. The molecule has 1 aromatic rings. The summed E-state index contributed by atoms with van der Waals surface area (Å²) in [7, 11) is 0. The maximum atomic E-state index is 10.9. The minimum Gasteiger partial charge on any atom is -0.363 e. The van der Waals surface area contributed by atoms with Crippen molar-refractivity contribution in [2.75, 3.05) is 31.5 Å². The van der Waals surface area contributed by atoms with Gasteiger partial charge in [0.2, 0.25) is 5.82 Å². The Labute approximate surface area is 119 Å². The van der Waals surface area contributed by atoms with Gasteiger partial charge in [0.1, 0.15) is 0 Å². The van der Waals surface area contributed by atoms with E-state index in [2.05, 4.69) is 43.3 Å². The van der Waals surface area contributed by atoms with Gasteiger partial charge in [0.15, 0.2) is 0 Å². The fraction of sp³-hybridized carbons (Fsp3) is 0.417. The first-order valence-corrected chi connectivity index (χ1v) is 6.87. The third kappa shape index (κ3) is 4.00. The van der Waals surface area contributed by atoms with Gasteiger partial charge in [0.05, 0.1) is 4.92 Å². The van der Waals surface area contributed by atoms with Gasteiger partial charge in [0, 0.05) is 42.9 Å². The summed E-state index contributed by atoms with van der Waals surface area (Å²) in [5.74, 6) is 0.320. The summed E-state index contributed by atoms with van der Waals surface area (Å²) in [6.45, 7) is 3.47. The molecule has 0 amide bonds. The normalized spacial score (nSPS) is 15.4. The van der Waals surface area contributed by atoms with Gasteiger partial charge in [-0.3, -0.25) is 15.0 Å². The first-order chi connectivity index (χ1) is 9.16. The van der Waals surface area contributed by atoms with Crippen molar-refractivity contribution < 1.29 is 4.92 Å². The van der Waals surface area contributed by atoms with Crippen LogP contribution in [0.4, 0.5) is 11.5 Å². The van der Waals surface area contributed by atoms with E-state index in [1.54, 1.807) is 6.20 Å². The first kappa shape index (κ1) is 14.0. The number of anilines is 1. The molecule has 0 aromatic carbocycles. The first-order valence-electron chi connectivity index (χ1n) is 6.08. The lowest BCUT2D eigenvalue weighted by atomic mass is 10.2. The summed E-state index contributed by atoms with van der Waals surface area (Å²) in [6.07, 6.45) is 6.94. The van der Waals surface area contributed by atoms with Gasteiger partial charge in [-0.25, -0.2) is 4.98 Å². The molecule has 2 heterocycles. The molecule has 0 unspecified atom stereocenters. The number of nitro groups is 1. The zero-order valence-electron chi connectivity index (χ0n) is 10.4. The van der Waals surface area contributed by atoms with Crippen molar-refractivity contribution in [3.8, 4) is 0 Å². The van der Waals surface area contributed by atoms with E-state index in [4.69, 9.17) is 0 Å². The molecule has 0 aliphatic carbocycles. The van der Waals surface area contributed by atoms with Crippen LogP contribution in [-0.2, 0) is 0 Å². The monoisotopic (exact) mass is 326 g/mol. The average molecular weight is 327 g/mol. The zero-order valence-corrected chi connectivity index (χ0v) is 12.0. The van der Waals surface area contributed by atoms with Crippen LogP contribution in [0.5, 0.6) is 0 Å². The molecule has 7 heteroatoms. The summed E-state index contributed by atoms with van der Waals surface area (Å²) in [6, 6.07) is 1.46.